The number of aliphatic hydroxyl groups is 1. The highest BCUT2D eigenvalue weighted by Gasteiger charge is 2.21. The SMILES string of the molecule is CCOc1ccc(C(C)(O)CCNC)cc1. The molecule has 1 atom stereocenters. The number of hydrogen-bond acceptors (Lipinski definition) is 3. The molecule has 3 heteroatoms. The Morgan fingerprint density at radius 2 is 1.94 bits per heavy atom. The summed E-state index contributed by atoms with van der Waals surface area (Å²) in [5, 5.41) is 13.3. The molecule has 0 bridgehead atoms. The second kappa shape index (κ2) is 5.87. The molecule has 0 heterocycles. The van der Waals surface area contributed by atoms with E-state index in [0.29, 0.717) is 13.0 Å². The highest BCUT2D eigenvalue weighted by Crippen LogP contribution is 2.25. The second-order valence-electron chi connectivity index (χ2n) is 4.08. The number of benzene rings is 1. The molecule has 90 valence electrons. The van der Waals surface area contributed by atoms with E-state index in [0.717, 1.165) is 17.9 Å². The molecule has 1 aromatic carbocycles. The monoisotopic (exact) mass is 223 g/mol. The summed E-state index contributed by atoms with van der Waals surface area (Å²) in [4.78, 5) is 0. The molecule has 1 unspecified atom stereocenters. The van der Waals surface area contributed by atoms with Gasteiger partial charge in [0.15, 0.2) is 0 Å². The lowest BCUT2D eigenvalue weighted by molar-refractivity contribution is 0.0485. The molecule has 0 amide bonds. The van der Waals surface area contributed by atoms with Crippen molar-refractivity contribution in [3.63, 3.8) is 0 Å². The Morgan fingerprint density at radius 1 is 1.31 bits per heavy atom. The smallest absolute Gasteiger partial charge is 0.119 e. The van der Waals surface area contributed by atoms with E-state index < -0.39 is 5.60 Å². The number of rotatable bonds is 6. The maximum absolute atomic E-state index is 10.3. The third kappa shape index (κ3) is 3.51. The van der Waals surface area contributed by atoms with Crippen LogP contribution >= 0.6 is 0 Å². The van der Waals surface area contributed by atoms with E-state index in [2.05, 4.69) is 5.32 Å². The van der Waals surface area contributed by atoms with Gasteiger partial charge in [0.05, 0.1) is 12.2 Å². The molecule has 0 aliphatic carbocycles. The van der Waals surface area contributed by atoms with Gasteiger partial charge < -0.3 is 15.2 Å². The molecule has 0 saturated heterocycles. The summed E-state index contributed by atoms with van der Waals surface area (Å²) in [6.45, 7) is 5.24. The van der Waals surface area contributed by atoms with Gasteiger partial charge in [0.2, 0.25) is 0 Å². The number of nitrogens with one attached hydrogen (secondary N) is 1. The van der Waals surface area contributed by atoms with Gasteiger partial charge in [0, 0.05) is 0 Å². The molecule has 0 spiro atoms. The van der Waals surface area contributed by atoms with E-state index in [1.807, 2.05) is 45.2 Å². The van der Waals surface area contributed by atoms with Crippen LogP contribution in [0.3, 0.4) is 0 Å². The molecule has 0 aromatic heterocycles. The van der Waals surface area contributed by atoms with Gasteiger partial charge in [-0.25, -0.2) is 0 Å². The quantitative estimate of drug-likeness (QED) is 0.774. The summed E-state index contributed by atoms with van der Waals surface area (Å²) in [5.41, 5.74) is 0.138. The van der Waals surface area contributed by atoms with Gasteiger partial charge in [-0.1, -0.05) is 12.1 Å². The van der Waals surface area contributed by atoms with Crippen LogP contribution in [0.2, 0.25) is 0 Å². The average Bonchev–Trinajstić information content (AvgIpc) is 2.28. The first kappa shape index (κ1) is 13.0. The topological polar surface area (TPSA) is 41.5 Å². The molecule has 16 heavy (non-hydrogen) atoms. The maximum Gasteiger partial charge on any atom is 0.119 e. The van der Waals surface area contributed by atoms with Gasteiger partial charge in [-0.15, -0.1) is 0 Å². The van der Waals surface area contributed by atoms with Crippen LogP contribution in [0.5, 0.6) is 5.75 Å². The first-order valence-corrected chi connectivity index (χ1v) is 5.70. The Morgan fingerprint density at radius 3 is 2.44 bits per heavy atom. The molecular weight excluding hydrogens is 202 g/mol. The van der Waals surface area contributed by atoms with Crippen molar-refractivity contribution in [3.05, 3.63) is 29.8 Å². The van der Waals surface area contributed by atoms with Crippen LogP contribution in [0.15, 0.2) is 24.3 Å². The van der Waals surface area contributed by atoms with E-state index in [1.165, 1.54) is 0 Å². The Bertz CT molecular complexity index is 306. The lowest BCUT2D eigenvalue weighted by Crippen LogP contribution is -2.26. The lowest BCUT2D eigenvalue weighted by Gasteiger charge is -2.23. The highest BCUT2D eigenvalue weighted by molar-refractivity contribution is 5.30. The summed E-state index contributed by atoms with van der Waals surface area (Å²) in [6.07, 6.45) is 0.692. The van der Waals surface area contributed by atoms with Gasteiger partial charge in [0.25, 0.3) is 0 Å². The van der Waals surface area contributed by atoms with Crippen LogP contribution in [-0.2, 0) is 5.60 Å². The van der Waals surface area contributed by atoms with E-state index >= 15 is 0 Å². The van der Waals surface area contributed by atoms with Crippen molar-refractivity contribution in [2.24, 2.45) is 0 Å². The van der Waals surface area contributed by atoms with Gasteiger partial charge in [-0.3, -0.25) is 0 Å². The molecule has 0 fully saturated rings. The summed E-state index contributed by atoms with van der Waals surface area (Å²) in [6, 6.07) is 7.63. The molecule has 0 radical (unpaired) electrons. The first-order valence-electron chi connectivity index (χ1n) is 5.70. The fraction of sp³-hybridized carbons (Fsp3) is 0.538. The second-order valence-corrected chi connectivity index (χ2v) is 4.08. The third-order valence-corrected chi connectivity index (χ3v) is 2.65. The average molecular weight is 223 g/mol. The van der Waals surface area contributed by atoms with Crippen molar-refractivity contribution < 1.29 is 9.84 Å². The maximum atomic E-state index is 10.3. The van der Waals surface area contributed by atoms with Crippen molar-refractivity contribution in [1.29, 1.82) is 0 Å². The van der Waals surface area contributed by atoms with Crippen LogP contribution in [0.25, 0.3) is 0 Å². The molecule has 3 nitrogen and oxygen atoms in total. The van der Waals surface area contributed by atoms with Crippen molar-refractivity contribution in [2.45, 2.75) is 25.9 Å². The summed E-state index contributed by atoms with van der Waals surface area (Å²) in [7, 11) is 1.88. The van der Waals surface area contributed by atoms with Crippen molar-refractivity contribution in [3.8, 4) is 5.75 Å². The number of hydrogen-bond donors (Lipinski definition) is 2. The summed E-state index contributed by atoms with van der Waals surface area (Å²) in [5.74, 6) is 0.843. The van der Waals surface area contributed by atoms with Crippen LogP contribution in [0, 0.1) is 0 Å². The molecule has 0 aliphatic heterocycles. The van der Waals surface area contributed by atoms with Crippen molar-refractivity contribution in [2.75, 3.05) is 20.2 Å². The molecule has 1 rings (SSSR count). The van der Waals surface area contributed by atoms with Gasteiger partial charge in [-0.2, -0.15) is 0 Å². The lowest BCUT2D eigenvalue weighted by atomic mass is 9.92. The third-order valence-electron chi connectivity index (χ3n) is 2.65. The standard InChI is InChI=1S/C13H21NO2/c1-4-16-12-7-5-11(6-8-12)13(2,15)9-10-14-3/h5-8,14-15H,4,9-10H2,1-3H3. The van der Waals surface area contributed by atoms with Crippen LogP contribution < -0.4 is 10.1 Å². The van der Waals surface area contributed by atoms with Gasteiger partial charge in [-0.05, 0) is 51.6 Å². The van der Waals surface area contributed by atoms with Crippen LogP contribution in [0.1, 0.15) is 25.8 Å². The zero-order valence-electron chi connectivity index (χ0n) is 10.3. The molecule has 0 saturated carbocycles. The number of ether oxygens (including phenoxy) is 1. The highest BCUT2D eigenvalue weighted by atomic mass is 16.5. The fourth-order valence-electron chi connectivity index (χ4n) is 1.59. The minimum Gasteiger partial charge on any atom is -0.494 e. The minimum atomic E-state index is -0.784. The predicted octanol–water partition coefficient (Wildman–Crippen LogP) is 1.90. The summed E-state index contributed by atoms with van der Waals surface area (Å²) < 4.78 is 5.36. The predicted molar refractivity (Wildman–Crippen MR) is 65.7 cm³/mol. The Hall–Kier alpha value is -1.06. The molecule has 0 aliphatic rings. The fourth-order valence-corrected chi connectivity index (χ4v) is 1.59. The largest absolute Gasteiger partial charge is 0.494 e. The van der Waals surface area contributed by atoms with E-state index in [9.17, 15) is 5.11 Å². The normalized spacial score (nSPS) is 14.5. The van der Waals surface area contributed by atoms with E-state index in [-0.39, 0.29) is 0 Å². The molecule has 1 aromatic rings. The molecular formula is C13H21NO2. The van der Waals surface area contributed by atoms with Crippen molar-refractivity contribution >= 4 is 0 Å². The Balaban J connectivity index is 2.71. The minimum absolute atomic E-state index is 0.662. The Labute approximate surface area is 97.4 Å². The van der Waals surface area contributed by atoms with Crippen molar-refractivity contribution in [1.82, 2.24) is 5.32 Å². The van der Waals surface area contributed by atoms with Crippen LogP contribution in [0.4, 0.5) is 0 Å². The van der Waals surface area contributed by atoms with E-state index in [4.69, 9.17) is 4.74 Å². The van der Waals surface area contributed by atoms with Gasteiger partial charge >= 0.3 is 0 Å². The zero-order valence-corrected chi connectivity index (χ0v) is 10.3. The Kier molecular flexibility index (Phi) is 4.77. The summed E-state index contributed by atoms with van der Waals surface area (Å²) >= 11 is 0. The van der Waals surface area contributed by atoms with Gasteiger partial charge in [0.1, 0.15) is 5.75 Å². The first-order chi connectivity index (χ1) is 7.60. The molecule has 2 N–H and O–H groups in total. The van der Waals surface area contributed by atoms with Crippen LogP contribution in [-0.4, -0.2) is 25.3 Å². The van der Waals surface area contributed by atoms with E-state index in [1.54, 1.807) is 0 Å². The zero-order chi connectivity index (χ0) is 12.0.